The first kappa shape index (κ1) is 15.7. The predicted molar refractivity (Wildman–Crippen MR) is 27.2 cm³/mol. The minimum Gasteiger partial charge on any atom is -0.346 e. The van der Waals surface area contributed by atoms with Crippen LogP contribution in [-0.4, -0.2) is 5.24 Å². The van der Waals surface area contributed by atoms with E-state index in [-0.39, 0.29) is 32.7 Å². The zero-order valence-corrected chi connectivity index (χ0v) is 7.87. The zero-order chi connectivity index (χ0) is 5.58. The molecule has 0 aromatic carbocycles. The summed E-state index contributed by atoms with van der Waals surface area (Å²) < 4.78 is 0. The number of hydrogen-bond donors (Lipinski definition) is 0. The molecule has 0 saturated carbocycles. The third kappa shape index (κ3) is 194. The Morgan fingerprint density at radius 3 is 1.57 bits per heavy atom. The second-order valence-electron chi connectivity index (χ2n) is 0.355. The molecule has 0 N–H and O–H groups in total. The molecule has 0 bridgehead atoms. The van der Waals surface area contributed by atoms with Crippen LogP contribution in [0.15, 0.2) is 0 Å². The van der Waals surface area contributed by atoms with Crippen LogP contribution in [0.25, 0.3) is 0 Å². The number of hydrogen-bond acceptors (Lipinski definition) is 1. The Kier molecular flexibility index (Phi) is 35.3. The number of carbonyl (C=O) groups excluding carboxylic acids is 1. The minimum absolute atomic E-state index is 0. The predicted octanol–water partition coefficient (Wildman–Crippen LogP) is 1.42. The van der Waals surface area contributed by atoms with Crippen LogP contribution in [0.3, 0.4) is 0 Å². The van der Waals surface area contributed by atoms with Crippen molar-refractivity contribution in [2.24, 2.45) is 0 Å². The van der Waals surface area contributed by atoms with Crippen molar-refractivity contribution in [2.75, 3.05) is 0 Å². The van der Waals surface area contributed by atoms with Crippen molar-refractivity contribution in [3.8, 4) is 0 Å². The molecule has 0 spiro atoms. The zero-order valence-electron chi connectivity index (χ0n) is 4.28. The first-order valence-corrected chi connectivity index (χ1v) is 1.83. The molecule has 0 atom stereocenters. The van der Waals surface area contributed by atoms with Gasteiger partial charge in [-0.25, -0.2) is 0 Å². The first-order chi connectivity index (χ1) is 2.73. The average Bonchev–Trinajstić information content (AvgIpc) is 1.41. The van der Waals surface area contributed by atoms with Crippen LogP contribution in [0, 0.1) is 13.8 Å². The van der Waals surface area contributed by atoms with Gasteiger partial charge < -0.3 is 18.6 Å². The maximum Gasteiger partial charge on any atom is 0.0851 e. The molecule has 1 radical (unpaired) electrons. The summed E-state index contributed by atoms with van der Waals surface area (Å²) in [6.07, 6.45) is 0. The van der Waals surface area contributed by atoms with E-state index >= 15 is 0 Å². The Morgan fingerprint density at radius 2 is 1.57 bits per heavy atom. The maximum absolute atomic E-state index is 9.10. The van der Waals surface area contributed by atoms with Crippen molar-refractivity contribution in [3.05, 3.63) is 13.8 Å². The van der Waals surface area contributed by atoms with Crippen LogP contribution in [0.4, 0.5) is 0 Å². The van der Waals surface area contributed by atoms with Gasteiger partial charge in [-0.2, -0.15) is 6.92 Å². The third-order valence-electron chi connectivity index (χ3n) is 0. The minimum atomic E-state index is -0.611. The van der Waals surface area contributed by atoms with Gasteiger partial charge in [-0.3, -0.25) is 0 Å². The van der Waals surface area contributed by atoms with Gasteiger partial charge in [-0.05, 0) is 0 Å². The normalized spacial score (nSPS) is 4.43. The molecule has 0 heterocycles. The largest absolute Gasteiger partial charge is 0.346 e. The van der Waals surface area contributed by atoms with E-state index in [9.17, 15) is 0 Å². The summed E-state index contributed by atoms with van der Waals surface area (Å²) in [5.74, 6) is 0. The van der Waals surface area contributed by atoms with Gasteiger partial charge in [0.2, 0.25) is 0 Å². The monoisotopic (exact) mass is 195 g/mol. The van der Waals surface area contributed by atoms with Gasteiger partial charge in [0, 0.05) is 32.7 Å². The summed E-state index contributed by atoms with van der Waals surface area (Å²) in [4.78, 5) is 9.10. The molecule has 0 unspecified atom stereocenters. The van der Waals surface area contributed by atoms with E-state index in [2.05, 4.69) is 25.4 Å². The van der Waals surface area contributed by atoms with Crippen LogP contribution in [0.5, 0.6) is 0 Å². The van der Waals surface area contributed by atoms with Crippen molar-refractivity contribution < 1.29 is 37.5 Å². The first-order valence-electron chi connectivity index (χ1n) is 1.45. The van der Waals surface area contributed by atoms with Crippen LogP contribution in [0.1, 0.15) is 6.92 Å². The molecule has 1 nitrogen and oxygen atoms in total. The van der Waals surface area contributed by atoms with E-state index in [1.165, 1.54) is 0 Å². The second-order valence-corrected chi connectivity index (χ2v) is 0.777. The Morgan fingerprint density at radius 1 is 1.57 bits per heavy atom. The van der Waals surface area contributed by atoms with Crippen molar-refractivity contribution in [1.82, 2.24) is 0 Å². The summed E-state index contributed by atoms with van der Waals surface area (Å²) in [6.45, 7) is 7.77. The van der Waals surface area contributed by atoms with Gasteiger partial charge in [-0.1, -0.05) is 11.6 Å². The summed E-state index contributed by atoms with van der Waals surface area (Å²) in [6, 6.07) is 0. The van der Waals surface area contributed by atoms with Gasteiger partial charge in [0.05, 0.1) is 5.24 Å². The summed E-state index contributed by atoms with van der Waals surface area (Å²) >= 11 is 4.52. The summed E-state index contributed by atoms with van der Waals surface area (Å²) in [5.41, 5.74) is 0. The summed E-state index contributed by atoms with van der Waals surface area (Å²) in [5, 5.41) is -0.611. The van der Waals surface area contributed by atoms with Gasteiger partial charge in [-0.15, -0.1) is 0 Å². The molecule has 7 heavy (non-hydrogen) atoms. The fourth-order valence-electron chi connectivity index (χ4n) is 0. The third-order valence-corrected chi connectivity index (χ3v) is 0. The molecule has 41 valence electrons. The molecule has 0 aliphatic rings. The molecule has 0 rings (SSSR count). The molecule has 0 saturated heterocycles. The summed E-state index contributed by atoms with van der Waals surface area (Å²) in [7, 11) is 0. The fraction of sp³-hybridized carbons (Fsp3) is 0.250. The van der Waals surface area contributed by atoms with Crippen molar-refractivity contribution in [2.45, 2.75) is 6.92 Å². The smallest absolute Gasteiger partial charge is 0.0851 e. The average molecular weight is 195 g/mol. The van der Waals surface area contributed by atoms with E-state index in [1.807, 2.05) is 0 Å². The van der Waals surface area contributed by atoms with Crippen LogP contribution in [0.2, 0.25) is 0 Å². The molecule has 0 aliphatic heterocycles. The van der Waals surface area contributed by atoms with Crippen molar-refractivity contribution in [3.63, 3.8) is 0 Å². The Labute approximate surface area is 74.7 Å². The van der Waals surface area contributed by atoms with Gasteiger partial charge in [0.15, 0.2) is 0 Å². The van der Waals surface area contributed by atoms with Crippen LogP contribution >= 0.6 is 11.6 Å². The molecular weight excluding hydrogens is 188 g/mol. The molecule has 0 amide bonds. The number of halogens is 1. The van der Waals surface area contributed by atoms with Gasteiger partial charge in [0.25, 0.3) is 0 Å². The van der Waals surface area contributed by atoms with Crippen LogP contribution < -0.4 is 0 Å². The topological polar surface area (TPSA) is 17.1 Å². The number of carbonyl (C=O) groups is 1. The van der Waals surface area contributed by atoms with E-state index in [1.54, 1.807) is 6.92 Å². The van der Waals surface area contributed by atoms with Gasteiger partial charge >= 0.3 is 0 Å². The Bertz CT molecular complexity index is 34.7. The van der Waals surface area contributed by atoms with Crippen molar-refractivity contribution in [1.29, 1.82) is 0 Å². The molecule has 0 aromatic heterocycles. The van der Waals surface area contributed by atoms with E-state index in [0.29, 0.717) is 0 Å². The molecule has 0 aliphatic carbocycles. The number of rotatable bonds is 0. The van der Waals surface area contributed by atoms with E-state index in [0.717, 1.165) is 0 Å². The molecule has 3 heteroatoms. The second kappa shape index (κ2) is 15.8. The Balaban J connectivity index is -0.0000000480. The van der Waals surface area contributed by atoms with E-state index in [4.69, 9.17) is 4.79 Å². The fourth-order valence-corrected chi connectivity index (χ4v) is 0. The molecular formula is C4H7ClOY-2. The quantitative estimate of drug-likeness (QED) is 0.422. The van der Waals surface area contributed by atoms with Crippen LogP contribution in [-0.2, 0) is 37.5 Å². The maximum atomic E-state index is 9.10. The SMILES string of the molecule is [CH2-]C.[CH2-]C(=O)Cl.[Y]. The van der Waals surface area contributed by atoms with E-state index < -0.39 is 5.24 Å². The molecule has 0 aromatic rings. The molecule has 0 fully saturated rings. The van der Waals surface area contributed by atoms with Gasteiger partial charge in [0.1, 0.15) is 0 Å². The Hall–Kier alpha value is 0.934. The van der Waals surface area contributed by atoms with Crippen molar-refractivity contribution >= 4 is 16.8 Å². The standard InChI is InChI=1S/C2H2ClO.C2H5.Y/c1-2(3)4;1-2;/h1H2;1H2,2H3;/q2*-1;.